The van der Waals surface area contributed by atoms with Gasteiger partial charge in [-0.1, -0.05) is 24.6 Å². The highest BCUT2D eigenvalue weighted by Gasteiger charge is 2.58. The number of carbonyl (C=O) groups is 1. The molecule has 0 spiro atoms. The Morgan fingerprint density at radius 1 is 1.04 bits per heavy atom. The molecule has 142 valence electrons. The van der Waals surface area contributed by atoms with Crippen LogP contribution in [0.5, 0.6) is 0 Å². The Hall–Kier alpha value is -1.16. The predicted molar refractivity (Wildman–Crippen MR) is 102 cm³/mol. The van der Waals surface area contributed by atoms with E-state index >= 15 is 0 Å². The molecule has 4 nitrogen and oxygen atoms in total. The molecule has 3 saturated carbocycles. The van der Waals surface area contributed by atoms with Gasteiger partial charge in [0.05, 0.1) is 5.71 Å². The first-order valence-corrected chi connectivity index (χ1v) is 10.7. The number of allylic oxidation sites excluding steroid dienone is 2. The van der Waals surface area contributed by atoms with Crippen LogP contribution in [-0.4, -0.2) is 30.7 Å². The van der Waals surface area contributed by atoms with Crippen molar-refractivity contribution in [2.24, 2.45) is 33.7 Å². The highest BCUT2D eigenvalue weighted by Crippen LogP contribution is 2.64. The van der Waals surface area contributed by atoms with Gasteiger partial charge in [-0.2, -0.15) is 0 Å². The summed E-state index contributed by atoms with van der Waals surface area (Å²) in [6, 6.07) is 0. The summed E-state index contributed by atoms with van der Waals surface area (Å²) >= 11 is 0. The zero-order valence-electron chi connectivity index (χ0n) is 16.2. The molecule has 0 aromatic carbocycles. The molecule has 0 aromatic rings. The Morgan fingerprint density at radius 3 is 2.62 bits per heavy atom. The summed E-state index contributed by atoms with van der Waals surface area (Å²) in [5.74, 6) is 2.69. The minimum atomic E-state index is -0.00925. The van der Waals surface area contributed by atoms with Crippen LogP contribution < -0.4 is 5.32 Å². The van der Waals surface area contributed by atoms with Crippen molar-refractivity contribution in [2.45, 2.75) is 71.3 Å². The van der Waals surface area contributed by atoms with E-state index in [0.29, 0.717) is 17.1 Å². The second kappa shape index (κ2) is 5.92. The normalized spacial score (nSPS) is 46.8. The van der Waals surface area contributed by atoms with Gasteiger partial charge in [-0.25, -0.2) is 0 Å². The van der Waals surface area contributed by atoms with Crippen molar-refractivity contribution in [1.29, 1.82) is 0 Å². The van der Waals surface area contributed by atoms with Crippen molar-refractivity contribution >= 4 is 11.5 Å². The number of Topliss-reactive ketones (excluding diaryl/α,β-unsaturated/α-hetero) is 1. The molecule has 26 heavy (non-hydrogen) atoms. The fourth-order valence-corrected chi connectivity index (χ4v) is 6.89. The fraction of sp³-hybridized carbons (Fsp3) is 0.818. The summed E-state index contributed by atoms with van der Waals surface area (Å²) in [5.41, 5.74) is 3.05. The number of nitrogens with zero attached hydrogens (tertiary/aromatic N) is 1. The molecular weight excluding hydrogens is 324 g/mol. The first-order valence-electron chi connectivity index (χ1n) is 10.7. The summed E-state index contributed by atoms with van der Waals surface area (Å²) in [4.78, 5) is 18.2. The molecule has 3 unspecified atom stereocenters. The predicted octanol–water partition coefficient (Wildman–Crippen LogP) is 3.86. The van der Waals surface area contributed by atoms with E-state index in [2.05, 4.69) is 30.4 Å². The first-order chi connectivity index (χ1) is 12.5. The summed E-state index contributed by atoms with van der Waals surface area (Å²) in [6.07, 6.45) is 11.6. The lowest BCUT2D eigenvalue weighted by molar-refractivity contribution is -0.132. The Kier molecular flexibility index (Phi) is 3.86. The lowest BCUT2D eigenvalue weighted by Crippen LogP contribution is -2.50. The maximum atomic E-state index is 12.5. The van der Waals surface area contributed by atoms with Crippen LogP contribution >= 0.6 is 0 Å². The minimum absolute atomic E-state index is 0.00925. The van der Waals surface area contributed by atoms with Gasteiger partial charge in [0.1, 0.15) is 5.78 Å². The number of ketones is 1. The summed E-state index contributed by atoms with van der Waals surface area (Å²) in [7, 11) is 0. The van der Waals surface area contributed by atoms with Crippen LogP contribution in [0.4, 0.5) is 0 Å². The van der Waals surface area contributed by atoms with Gasteiger partial charge in [0.25, 0.3) is 0 Å². The first kappa shape index (κ1) is 17.0. The van der Waals surface area contributed by atoms with Crippen LogP contribution in [0.3, 0.4) is 0 Å². The van der Waals surface area contributed by atoms with Gasteiger partial charge < -0.3 is 10.2 Å². The van der Waals surface area contributed by atoms with Crippen LogP contribution in [0.1, 0.15) is 65.2 Å². The van der Waals surface area contributed by atoms with Crippen LogP contribution in [0, 0.1) is 28.6 Å². The van der Waals surface area contributed by atoms with E-state index in [1.807, 2.05) is 0 Å². The average Bonchev–Trinajstić information content (AvgIpc) is 2.89. The third-order valence-electron chi connectivity index (χ3n) is 8.75. The monoisotopic (exact) mass is 356 g/mol. The molecule has 5 aliphatic rings. The Labute approximate surface area is 156 Å². The van der Waals surface area contributed by atoms with E-state index in [1.54, 1.807) is 5.57 Å². The van der Waals surface area contributed by atoms with Gasteiger partial charge in [-0.3, -0.25) is 4.79 Å². The van der Waals surface area contributed by atoms with Gasteiger partial charge >= 0.3 is 0 Å². The highest BCUT2D eigenvalue weighted by molar-refractivity contribution is 5.96. The number of hydrogen-bond donors (Lipinski definition) is 1. The van der Waals surface area contributed by atoms with Crippen LogP contribution in [0.25, 0.3) is 0 Å². The number of rotatable bonds is 2. The molecule has 1 aliphatic heterocycles. The summed E-state index contributed by atoms with van der Waals surface area (Å²) in [5, 5.41) is 7.68. The number of nitrogens with one attached hydrogen (secondary N) is 1. The maximum Gasteiger partial charge on any atom is 0.152 e. The molecule has 0 bridgehead atoms. The zero-order chi connectivity index (χ0) is 17.9. The van der Waals surface area contributed by atoms with Gasteiger partial charge in [0.2, 0.25) is 0 Å². The molecule has 1 heterocycles. The van der Waals surface area contributed by atoms with E-state index in [9.17, 15) is 4.79 Å². The van der Waals surface area contributed by atoms with Gasteiger partial charge in [0.15, 0.2) is 6.10 Å². The maximum absolute atomic E-state index is 12.5. The van der Waals surface area contributed by atoms with E-state index in [4.69, 9.17) is 4.84 Å². The molecule has 0 radical (unpaired) electrons. The third kappa shape index (κ3) is 2.37. The number of carbonyl (C=O) groups excluding carboxylic acids is 1. The second-order valence-corrected chi connectivity index (χ2v) is 9.89. The number of hydrogen-bond acceptors (Lipinski definition) is 4. The number of oxime groups is 1. The average molecular weight is 357 g/mol. The zero-order valence-corrected chi connectivity index (χ0v) is 16.2. The van der Waals surface area contributed by atoms with E-state index in [-0.39, 0.29) is 11.5 Å². The fourth-order valence-electron chi connectivity index (χ4n) is 6.89. The van der Waals surface area contributed by atoms with Gasteiger partial charge in [-0.15, -0.1) is 0 Å². The molecule has 1 saturated heterocycles. The molecule has 1 N–H and O–H groups in total. The van der Waals surface area contributed by atoms with Crippen molar-refractivity contribution in [3.05, 3.63) is 11.6 Å². The van der Waals surface area contributed by atoms with Crippen molar-refractivity contribution in [3.8, 4) is 0 Å². The molecule has 4 heteroatoms. The lowest BCUT2D eigenvalue weighted by atomic mass is 9.47. The molecular formula is C22H32N2O2. The van der Waals surface area contributed by atoms with Gasteiger partial charge in [-0.05, 0) is 74.2 Å². The molecule has 4 aliphatic carbocycles. The highest BCUT2D eigenvalue weighted by atomic mass is 16.6. The van der Waals surface area contributed by atoms with E-state index in [0.717, 1.165) is 56.3 Å². The topological polar surface area (TPSA) is 50.7 Å². The van der Waals surface area contributed by atoms with E-state index < -0.39 is 0 Å². The van der Waals surface area contributed by atoms with Crippen molar-refractivity contribution < 1.29 is 9.63 Å². The molecule has 4 fully saturated rings. The summed E-state index contributed by atoms with van der Waals surface area (Å²) < 4.78 is 0. The largest absolute Gasteiger partial charge is 0.390 e. The van der Waals surface area contributed by atoms with Crippen LogP contribution in [0.15, 0.2) is 16.8 Å². The van der Waals surface area contributed by atoms with Crippen molar-refractivity contribution in [3.63, 3.8) is 0 Å². The molecule has 5 atom stereocenters. The second-order valence-electron chi connectivity index (χ2n) is 9.89. The third-order valence-corrected chi connectivity index (χ3v) is 8.75. The quantitative estimate of drug-likeness (QED) is 0.764. The van der Waals surface area contributed by atoms with Crippen molar-refractivity contribution in [1.82, 2.24) is 5.32 Å². The van der Waals surface area contributed by atoms with Crippen LogP contribution in [0.2, 0.25) is 0 Å². The summed E-state index contributed by atoms with van der Waals surface area (Å²) in [6.45, 7) is 6.62. The molecule has 5 rings (SSSR count). The Bertz CT molecular complexity index is 680. The lowest BCUT2D eigenvalue weighted by Gasteiger charge is -2.57. The number of fused-ring (bicyclic) bond motifs is 5. The standard InChI is InChI=1S/C22H32N2O2/c1-21-9-7-15(24-26-16-12-23-13-16)11-14(21)3-4-17-18-5-6-20(25)22(18,2)10-8-19(17)21/h11,16-19,23H,3-10,12-13H2,1-2H3/t17?,18?,19?,21-,22-/m0/s1. The van der Waals surface area contributed by atoms with E-state index in [1.165, 1.54) is 25.7 Å². The Morgan fingerprint density at radius 2 is 1.85 bits per heavy atom. The molecule has 0 amide bonds. The van der Waals surface area contributed by atoms with Gasteiger partial charge in [0, 0.05) is 24.9 Å². The smallest absolute Gasteiger partial charge is 0.152 e. The Balaban J connectivity index is 1.38. The minimum Gasteiger partial charge on any atom is -0.390 e. The van der Waals surface area contributed by atoms with Crippen LogP contribution in [-0.2, 0) is 9.63 Å². The van der Waals surface area contributed by atoms with Crippen molar-refractivity contribution in [2.75, 3.05) is 13.1 Å². The molecule has 0 aromatic heterocycles. The SMILES string of the molecule is C[C@]12CCC(=NOC3CNC3)C=C1CCC1C2CC[C@]2(C)C(=O)CCC12.